The van der Waals surface area contributed by atoms with Crippen molar-refractivity contribution in [3.63, 3.8) is 0 Å². The SMILES string of the molecule is O=C(CC1CCNC1)Nc1ccc(Cn2cncn2)cc1. The van der Waals surface area contributed by atoms with E-state index < -0.39 is 0 Å². The molecule has 3 rings (SSSR count). The number of nitrogens with one attached hydrogen (secondary N) is 2. The minimum absolute atomic E-state index is 0.0905. The van der Waals surface area contributed by atoms with Crippen LogP contribution in [0.15, 0.2) is 36.9 Å². The van der Waals surface area contributed by atoms with Crippen LogP contribution in [0.5, 0.6) is 0 Å². The lowest BCUT2D eigenvalue weighted by Gasteiger charge is -2.09. The summed E-state index contributed by atoms with van der Waals surface area (Å²) in [7, 11) is 0. The summed E-state index contributed by atoms with van der Waals surface area (Å²) in [4.78, 5) is 15.9. The van der Waals surface area contributed by atoms with Gasteiger partial charge >= 0.3 is 0 Å². The Morgan fingerprint density at radius 2 is 2.24 bits per heavy atom. The molecule has 2 heterocycles. The first-order valence-electron chi connectivity index (χ1n) is 7.21. The lowest BCUT2D eigenvalue weighted by Crippen LogP contribution is -2.18. The van der Waals surface area contributed by atoms with Crippen molar-refractivity contribution in [2.45, 2.75) is 19.4 Å². The van der Waals surface area contributed by atoms with E-state index in [4.69, 9.17) is 0 Å². The maximum Gasteiger partial charge on any atom is 0.224 e. The maximum atomic E-state index is 11.9. The second-order valence-electron chi connectivity index (χ2n) is 5.40. The average molecular weight is 285 g/mol. The molecule has 0 spiro atoms. The molecule has 1 aliphatic rings. The number of amides is 1. The van der Waals surface area contributed by atoms with Crippen molar-refractivity contribution in [2.75, 3.05) is 18.4 Å². The number of aromatic nitrogens is 3. The van der Waals surface area contributed by atoms with Crippen LogP contribution in [0.1, 0.15) is 18.4 Å². The molecule has 0 bridgehead atoms. The van der Waals surface area contributed by atoms with Crippen LogP contribution in [0.25, 0.3) is 0 Å². The smallest absolute Gasteiger partial charge is 0.224 e. The molecule has 0 radical (unpaired) electrons. The van der Waals surface area contributed by atoms with E-state index in [1.54, 1.807) is 11.0 Å². The molecule has 1 fully saturated rings. The highest BCUT2D eigenvalue weighted by atomic mass is 16.1. The number of carbonyl (C=O) groups is 1. The molecule has 2 aromatic rings. The molecular weight excluding hydrogens is 266 g/mol. The van der Waals surface area contributed by atoms with Crippen molar-refractivity contribution < 1.29 is 4.79 Å². The Morgan fingerprint density at radius 3 is 2.90 bits per heavy atom. The number of carbonyl (C=O) groups excluding carboxylic acids is 1. The summed E-state index contributed by atoms with van der Waals surface area (Å²) in [5.74, 6) is 0.560. The third-order valence-corrected chi connectivity index (χ3v) is 3.69. The number of hydrogen-bond donors (Lipinski definition) is 2. The minimum Gasteiger partial charge on any atom is -0.326 e. The van der Waals surface area contributed by atoms with Crippen LogP contribution in [0.4, 0.5) is 5.69 Å². The van der Waals surface area contributed by atoms with Gasteiger partial charge in [0.15, 0.2) is 0 Å². The lowest BCUT2D eigenvalue weighted by atomic mass is 10.0. The summed E-state index contributed by atoms with van der Waals surface area (Å²) in [6.07, 6.45) is 4.88. The van der Waals surface area contributed by atoms with E-state index in [1.807, 2.05) is 24.3 Å². The fourth-order valence-electron chi connectivity index (χ4n) is 2.56. The van der Waals surface area contributed by atoms with Crippen LogP contribution >= 0.6 is 0 Å². The zero-order chi connectivity index (χ0) is 14.5. The zero-order valence-corrected chi connectivity index (χ0v) is 11.8. The van der Waals surface area contributed by atoms with E-state index in [9.17, 15) is 4.79 Å². The van der Waals surface area contributed by atoms with Crippen molar-refractivity contribution in [3.8, 4) is 0 Å². The van der Waals surface area contributed by atoms with Gasteiger partial charge in [-0.3, -0.25) is 4.79 Å². The fraction of sp³-hybridized carbons (Fsp3) is 0.400. The van der Waals surface area contributed by atoms with Gasteiger partial charge in [0, 0.05) is 12.1 Å². The Morgan fingerprint density at radius 1 is 1.38 bits per heavy atom. The highest BCUT2D eigenvalue weighted by Crippen LogP contribution is 2.15. The van der Waals surface area contributed by atoms with Gasteiger partial charge in [0.2, 0.25) is 5.91 Å². The van der Waals surface area contributed by atoms with E-state index in [2.05, 4.69) is 20.7 Å². The summed E-state index contributed by atoms with van der Waals surface area (Å²) in [5.41, 5.74) is 1.96. The molecule has 1 atom stereocenters. The van der Waals surface area contributed by atoms with Gasteiger partial charge in [0.1, 0.15) is 12.7 Å². The van der Waals surface area contributed by atoms with E-state index in [0.29, 0.717) is 18.9 Å². The molecule has 2 N–H and O–H groups in total. The normalized spacial score (nSPS) is 17.8. The molecule has 0 aliphatic carbocycles. The molecule has 1 aliphatic heterocycles. The van der Waals surface area contributed by atoms with Crippen molar-refractivity contribution in [2.24, 2.45) is 5.92 Å². The first-order chi connectivity index (χ1) is 10.3. The molecule has 21 heavy (non-hydrogen) atoms. The Kier molecular flexibility index (Phi) is 4.25. The Labute approximate surface area is 123 Å². The van der Waals surface area contributed by atoms with Crippen molar-refractivity contribution >= 4 is 11.6 Å². The van der Waals surface area contributed by atoms with E-state index in [1.165, 1.54) is 6.33 Å². The fourth-order valence-corrected chi connectivity index (χ4v) is 2.56. The first-order valence-corrected chi connectivity index (χ1v) is 7.21. The van der Waals surface area contributed by atoms with Crippen LogP contribution < -0.4 is 10.6 Å². The molecule has 1 saturated heterocycles. The topological polar surface area (TPSA) is 71.8 Å². The van der Waals surface area contributed by atoms with E-state index in [-0.39, 0.29) is 5.91 Å². The number of rotatable bonds is 5. The summed E-state index contributed by atoms with van der Waals surface area (Å²) < 4.78 is 1.76. The highest BCUT2D eigenvalue weighted by molar-refractivity contribution is 5.90. The number of anilines is 1. The Balaban J connectivity index is 1.52. The van der Waals surface area contributed by atoms with Crippen LogP contribution in [0.3, 0.4) is 0 Å². The summed E-state index contributed by atoms with van der Waals surface area (Å²) >= 11 is 0. The second-order valence-corrected chi connectivity index (χ2v) is 5.40. The summed E-state index contributed by atoms with van der Waals surface area (Å²) in [6, 6.07) is 7.84. The maximum absolute atomic E-state index is 11.9. The number of nitrogens with zero attached hydrogens (tertiary/aromatic N) is 3. The van der Waals surface area contributed by atoms with Crippen molar-refractivity contribution in [1.82, 2.24) is 20.1 Å². The largest absolute Gasteiger partial charge is 0.326 e. The van der Waals surface area contributed by atoms with Gasteiger partial charge in [0.25, 0.3) is 0 Å². The van der Waals surface area contributed by atoms with Crippen molar-refractivity contribution in [1.29, 1.82) is 0 Å². The van der Waals surface area contributed by atoms with Gasteiger partial charge in [0.05, 0.1) is 6.54 Å². The van der Waals surface area contributed by atoms with Gasteiger partial charge in [-0.15, -0.1) is 0 Å². The summed E-state index contributed by atoms with van der Waals surface area (Å²) in [5, 5.41) is 10.3. The molecule has 1 aromatic carbocycles. The van der Waals surface area contributed by atoms with Gasteiger partial charge < -0.3 is 10.6 Å². The second kappa shape index (κ2) is 6.49. The predicted octanol–water partition coefficient (Wildman–Crippen LogP) is 1.26. The molecule has 6 nitrogen and oxygen atoms in total. The standard InChI is InChI=1S/C15H19N5O/c21-15(7-13-5-6-16-8-13)19-14-3-1-12(2-4-14)9-20-11-17-10-18-20/h1-4,10-11,13,16H,5-9H2,(H,19,21). The van der Waals surface area contributed by atoms with Gasteiger partial charge in [-0.25, -0.2) is 9.67 Å². The monoisotopic (exact) mass is 285 g/mol. The lowest BCUT2D eigenvalue weighted by molar-refractivity contribution is -0.116. The molecule has 1 unspecified atom stereocenters. The van der Waals surface area contributed by atoms with Gasteiger partial charge in [-0.2, -0.15) is 5.10 Å². The zero-order valence-electron chi connectivity index (χ0n) is 11.8. The van der Waals surface area contributed by atoms with Gasteiger partial charge in [-0.05, 0) is 43.1 Å². The number of benzene rings is 1. The van der Waals surface area contributed by atoms with Crippen LogP contribution in [-0.2, 0) is 11.3 Å². The quantitative estimate of drug-likeness (QED) is 0.867. The third-order valence-electron chi connectivity index (χ3n) is 3.69. The molecule has 0 saturated carbocycles. The number of hydrogen-bond acceptors (Lipinski definition) is 4. The van der Waals surface area contributed by atoms with E-state index in [0.717, 1.165) is 30.8 Å². The van der Waals surface area contributed by atoms with E-state index >= 15 is 0 Å². The van der Waals surface area contributed by atoms with Crippen LogP contribution in [0, 0.1) is 5.92 Å². The molecule has 110 valence electrons. The van der Waals surface area contributed by atoms with Gasteiger partial charge in [-0.1, -0.05) is 12.1 Å². The Bertz CT molecular complexity index is 573. The van der Waals surface area contributed by atoms with Crippen LogP contribution in [-0.4, -0.2) is 33.8 Å². The molecule has 6 heteroatoms. The predicted molar refractivity (Wildman–Crippen MR) is 79.8 cm³/mol. The Hall–Kier alpha value is -2.21. The molecule has 1 amide bonds. The first kappa shape index (κ1) is 13.8. The van der Waals surface area contributed by atoms with Crippen LogP contribution in [0.2, 0.25) is 0 Å². The minimum atomic E-state index is 0.0905. The van der Waals surface area contributed by atoms with Crippen molar-refractivity contribution in [3.05, 3.63) is 42.5 Å². The third kappa shape index (κ3) is 3.88. The molecule has 1 aromatic heterocycles. The average Bonchev–Trinajstić information content (AvgIpc) is 3.14. The summed E-state index contributed by atoms with van der Waals surface area (Å²) in [6.45, 7) is 2.65. The highest BCUT2D eigenvalue weighted by Gasteiger charge is 2.17. The molecular formula is C15H19N5O.